The molecule has 1 aliphatic rings. The van der Waals surface area contributed by atoms with Gasteiger partial charge in [0.15, 0.2) is 5.96 Å². The molecule has 8 heteroatoms. The molecule has 0 spiro atoms. The largest absolute Gasteiger partial charge is 0.370 e. The number of nitrogens with two attached hydrogens (primary N) is 1. The molecule has 0 amide bonds. The van der Waals surface area contributed by atoms with E-state index in [2.05, 4.69) is 16.9 Å². The summed E-state index contributed by atoms with van der Waals surface area (Å²) in [5.41, 5.74) is 5.62. The van der Waals surface area contributed by atoms with Crippen LogP contribution in [0.3, 0.4) is 0 Å². The molecule has 0 bridgehead atoms. The molecule has 0 aliphatic carbocycles. The number of hydrogen-bond acceptors (Lipinski definition) is 3. The molecule has 1 rings (SSSR count). The SMILES string of the molecule is C=CCNC(N)=NCC1CCN(S(C)(=O)=O)C1.I. The zero-order chi connectivity index (χ0) is 12.9. The maximum atomic E-state index is 11.3. The van der Waals surface area contributed by atoms with E-state index >= 15 is 0 Å². The van der Waals surface area contributed by atoms with E-state index in [0.717, 1.165) is 6.42 Å². The van der Waals surface area contributed by atoms with Crippen molar-refractivity contribution in [2.75, 3.05) is 32.4 Å². The lowest BCUT2D eigenvalue weighted by molar-refractivity contribution is 0.464. The Bertz CT molecular complexity index is 397. The Morgan fingerprint density at radius 3 is 2.83 bits per heavy atom. The first-order chi connectivity index (χ1) is 7.93. The van der Waals surface area contributed by atoms with Gasteiger partial charge in [0.25, 0.3) is 0 Å². The van der Waals surface area contributed by atoms with Gasteiger partial charge in [-0.1, -0.05) is 6.08 Å². The number of aliphatic imine (C=N–C) groups is 1. The van der Waals surface area contributed by atoms with Crippen LogP contribution < -0.4 is 11.1 Å². The van der Waals surface area contributed by atoms with Crippen LogP contribution in [0.25, 0.3) is 0 Å². The molecular formula is C10H21IN4O2S. The van der Waals surface area contributed by atoms with Crippen molar-refractivity contribution >= 4 is 40.0 Å². The van der Waals surface area contributed by atoms with E-state index in [1.165, 1.54) is 10.6 Å². The summed E-state index contributed by atoms with van der Waals surface area (Å²) in [4.78, 5) is 4.17. The summed E-state index contributed by atoms with van der Waals surface area (Å²) in [5, 5.41) is 2.88. The van der Waals surface area contributed by atoms with Gasteiger partial charge in [-0.2, -0.15) is 0 Å². The zero-order valence-electron chi connectivity index (χ0n) is 10.5. The molecular weight excluding hydrogens is 367 g/mol. The van der Waals surface area contributed by atoms with Crippen molar-refractivity contribution in [1.82, 2.24) is 9.62 Å². The predicted molar refractivity (Wildman–Crippen MR) is 84.6 cm³/mol. The van der Waals surface area contributed by atoms with Crippen molar-refractivity contribution in [3.63, 3.8) is 0 Å². The second kappa shape index (κ2) is 7.95. The fourth-order valence-electron chi connectivity index (χ4n) is 1.71. The molecule has 1 aliphatic heterocycles. The molecule has 1 saturated heterocycles. The minimum Gasteiger partial charge on any atom is -0.370 e. The van der Waals surface area contributed by atoms with Crippen LogP contribution in [-0.2, 0) is 10.0 Å². The van der Waals surface area contributed by atoms with Crippen LogP contribution >= 0.6 is 24.0 Å². The first kappa shape index (κ1) is 17.6. The third-order valence-corrected chi connectivity index (χ3v) is 3.93. The van der Waals surface area contributed by atoms with Gasteiger partial charge in [0, 0.05) is 26.2 Å². The second-order valence-corrected chi connectivity index (χ2v) is 6.15. The van der Waals surface area contributed by atoms with Gasteiger partial charge in [0.2, 0.25) is 10.0 Å². The minimum atomic E-state index is -3.06. The lowest BCUT2D eigenvalue weighted by atomic mass is 10.1. The summed E-state index contributed by atoms with van der Waals surface area (Å²) in [7, 11) is -3.06. The molecule has 0 aromatic heterocycles. The summed E-state index contributed by atoms with van der Waals surface area (Å²) in [6.45, 7) is 5.82. The first-order valence-corrected chi connectivity index (χ1v) is 7.38. The number of rotatable bonds is 5. The number of hydrogen-bond donors (Lipinski definition) is 2. The van der Waals surface area contributed by atoms with Crippen molar-refractivity contribution in [1.29, 1.82) is 0 Å². The van der Waals surface area contributed by atoms with E-state index in [0.29, 0.717) is 32.1 Å². The lowest BCUT2D eigenvalue weighted by Gasteiger charge is -2.12. The van der Waals surface area contributed by atoms with Crippen LogP contribution in [0.1, 0.15) is 6.42 Å². The van der Waals surface area contributed by atoms with Gasteiger partial charge in [-0.3, -0.25) is 4.99 Å². The topological polar surface area (TPSA) is 87.8 Å². The predicted octanol–water partition coefficient (Wildman–Crippen LogP) is -0.0238. The highest BCUT2D eigenvalue weighted by Gasteiger charge is 2.28. The van der Waals surface area contributed by atoms with Crippen molar-refractivity contribution in [3.8, 4) is 0 Å². The first-order valence-electron chi connectivity index (χ1n) is 5.53. The second-order valence-electron chi connectivity index (χ2n) is 4.17. The highest BCUT2D eigenvalue weighted by atomic mass is 127. The fraction of sp³-hybridized carbons (Fsp3) is 0.700. The highest BCUT2D eigenvalue weighted by molar-refractivity contribution is 14.0. The standard InChI is InChI=1S/C10H20N4O2S.HI/c1-3-5-12-10(11)13-7-9-4-6-14(8-9)17(2,15)16;/h3,9H,1,4-8H2,2H3,(H3,11,12,13);1H. The van der Waals surface area contributed by atoms with Crippen LogP contribution in [0.2, 0.25) is 0 Å². The number of halogens is 1. The highest BCUT2D eigenvalue weighted by Crippen LogP contribution is 2.18. The van der Waals surface area contributed by atoms with Crippen molar-refractivity contribution in [2.24, 2.45) is 16.6 Å². The van der Waals surface area contributed by atoms with Crippen LogP contribution in [0.4, 0.5) is 0 Å². The van der Waals surface area contributed by atoms with E-state index in [1.807, 2.05) is 0 Å². The van der Waals surface area contributed by atoms with E-state index < -0.39 is 10.0 Å². The lowest BCUT2D eigenvalue weighted by Crippen LogP contribution is -2.32. The smallest absolute Gasteiger partial charge is 0.211 e. The molecule has 106 valence electrons. The molecule has 1 heterocycles. The molecule has 6 nitrogen and oxygen atoms in total. The van der Waals surface area contributed by atoms with Gasteiger partial charge < -0.3 is 11.1 Å². The number of nitrogens with one attached hydrogen (secondary N) is 1. The number of guanidine groups is 1. The fourth-order valence-corrected chi connectivity index (χ4v) is 2.63. The zero-order valence-corrected chi connectivity index (χ0v) is 13.6. The Kier molecular flexibility index (Phi) is 7.79. The van der Waals surface area contributed by atoms with Crippen LogP contribution in [0.15, 0.2) is 17.6 Å². The van der Waals surface area contributed by atoms with Crippen molar-refractivity contribution < 1.29 is 8.42 Å². The third-order valence-electron chi connectivity index (χ3n) is 2.66. The van der Waals surface area contributed by atoms with Crippen LogP contribution in [0, 0.1) is 5.92 Å². The van der Waals surface area contributed by atoms with Gasteiger partial charge in [0.1, 0.15) is 0 Å². The molecule has 3 N–H and O–H groups in total. The Labute approximate surface area is 126 Å². The summed E-state index contributed by atoms with van der Waals surface area (Å²) >= 11 is 0. The van der Waals surface area contributed by atoms with Gasteiger partial charge in [-0.25, -0.2) is 12.7 Å². The Morgan fingerprint density at radius 1 is 1.67 bits per heavy atom. The minimum absolute atomic E-state index is 0. The molecule has 18 heavy (non-hydrogen) atoms. The molecule has 0 aromatic rings. The normalized spacial score (nSPS) is 21.4. The summed E-state index contributed by atoms with van der Waals surface area (Å²) in [6, 6.07) is 0. The van der Waals surface area contributed by atoms with E-state index in [-0.39, 0.29) is 29.9 Å². The monoisotopic (exact) mass is 388 g/mol. The van der Waals surface area contributed by atoms with E-state index in [1.54, 1.807) is 6.08 Å². The average molecular weight is 388 g/mol. The maximum Gasteiger partial charge on any atom is 0.211 e. The van der Waals surface area contributed by atoms with Gasteiger partial charge in [-0.15, -0.1) is 30.6 Å². The van der Waals surface area contributed by atoms with E-state index in [4.69, 9.17) is 5.73 Å². The molecule has 1 atom stereocenters. The van der Waals surface area contributed by atoms with E-state index in [9.17, 15) is 8.42 Å². The third kappa shape index (κ3) is 6.01. The molecule has 0 radical (unpaired) electrons. The van der Waals surface area contributed by atoms with Crippen LogP contribution in [0.5, 0.6) is 0 Å². The Hall–Kier alpha value is -0.350. The molecule has 0 saturated carbocycles. The molecule has 0 aromatic carbocycles. The van der Waals surface area contributed by atoms with Crippen molar-refractivity contribution in [2.45, 2.75) is 6.42 Å². The number of nitrogens with zero attached hydrogens (tertiary/aromatic N) is 2. The van der Waals surface area contributed by atoms with Gasteiger partial charge >= 0.3 is 0 Å². The van der Waals surface area contributed by atoms with Gasteiger partial charge in [0.05, 0.1) is 6.26 Å². The summed E-state index contributed by atoms with van der Waals surface area (Å²) < 4.78 is 24.1. The summed E-state index contributed by atoms with van der Waals surface area (Å²) in [5.74, 6) is 0.636. The quantitative estimate of drug-likeness (QED) is 0.300. The Morgan fingerprint density at radius 2 is 2.33 bits per heavy atom. The van der Waals surface area contributed by atoms with Crippen LogP contribution in [-0.4, -0.2) is 51.1 Å². The average Bonchev–Trinajstić information content (AvgIpc) is 2.71. The number of sulfonamides is 1. The molecule has 1 unspecified atom stereocenters. The Balaban J connectivity index is 0.00000289. The van der Waals surface area contributed by atoms with Gasteiger partial charge in [-0.05, 0) is 12.3 Å². The summed E-state index contributed by atoms with van der Waals surface area (Å²) in [6.07, 6.45) is 3.77. The van der Waals surface area contributed by atoms with Crippen molar-refractivity contribution in [3.05, 3.63) is 12.7 Å². The molecule has 1 fully saturated rings. The maximum absolute atomic E-state index is 11.3.